The summed E-state index contributed by atoms with van der Waals surface area (Å²) in [5, 5.41) is 0. The average Bonchev–Trinajstić information content (AvgIpc) is 2.26. The minimum absolute atomic E-state index is 0.452. The number of hydrogen-bond acceptors (Lipinski definition) is 1. The Bertz CT molecular complexity index is 179. The molecular weight excluding hydrogens is 196 g/mol. The SMILES string of the molecule is C=C(CCl)COC1CCCC(CC)C1. The Kier molecular flexibility index (Phi) is 5.57. The highest BCUT2D eigenvalue weighted by atomic mass is 35.5. The van der Waals surface area contributed by atoms with Gasteiger partial charge in [0.05, 0.1) is 12.7 Å². The second-order valence-electron chi connectivity index (χ2n) is 4.26. The molecule has 0 N–H and O–H groups in total. The molecule has 1 rings (SSSR count). The zero-order valence-corrected chi connectivity index (χ0v) is 9.85. The smallest absolute Gasteiger partial charge is 0.0689 e. The van der Waals surface area contributed by atoms with Gasteiger partial charge < -0.3 is 4.74 Å². The van der Waals surface area contributed by atoms with E-state index in [1.165, 1.54) is 32.1 Å². The fraction of sp³-hybridized carbons (Fsp3) is 0.833. The van der Waals surface area contributed by atoms with Crippen LogP contribution in [0.25, 0.3) is 0 Å². The number of ether oxygens (including phenoxy) is 1. The van der Waals surface area contributed by atoms with E-state index >= 15 is 0 Å². The summed E-state index contributed by atoms with van der Waals surface area (Å²) in [4.78, 5) is 0. The van der Waals surface area contributed by atoms with Crippen molar-refractivity contribution in [3.8, 4) is 0 Å². The van der Waals surface area contributed by atoms with E-state index < -0.39 is 0 Å². The van der Waals surface area contributed by atoms with Crippen LogP contribution in [0.2, 0.25) is 0 Å². The molecule has 0 saturated heterocycles. The molecule has 0 aliphatic heterocycles. The molecule has 2 atom stereocenters. The molecule has 1 nitrogen and oxygen atoms in total. The summed E-state index contributed by atoms with van der Waals surface area (Å²) in [6.07, 6.45) is 6.88. The first kappa shape index (κ1) is 12.1. The third-order valence-corrected chi connectivity index (χ3v) is 3.40. The van der Waals surface area contributed by atoms with Crippen molar-refractivity contribution in [2.45, 2.75) is 45.1 Å². The molecule has 2 heteroatoms. The Balaban J connectivity index is 2.20. The standard InChI is InChI=1S/C12H21ClO/c1-3-11-5-4-6-12(7-11)14-9-10(2)8-13/h11-12H,2-9H2,1H3. The van der Waals surface area contributed by atoms with Crippen LogP contribution in [0, 0.1) is 5.92 Å². The molecule has 0 spiro atoms. The van der Waals surface area contributed by atoms with Gasteiger partial charge in [0.2, 0.25) is 0 Å². The molecule has 0 bridgehead atoms. The van der Waals surface area contributed by atoms with Crippen molar-refractivity contribution in [1.29, 1.82) is 0 Å². The fourth-order valence-electron chi connectivity index (χ4n) is 2.04. The Morgan fingerprint density at radius 3 is 2.93 bits per heavy atom. The van der Waals surface area contributed by atoms with Gasteiger partial charge >= 0.3 is 0 Å². The highest BCUT2D eigenvalue weighted by molar-refractivity contribution is 6.19. The van der Waals surface area contributed by atoms with Crippen LogP contribution in [0.1, 0.15) is 39.0 Å². The third-order valence-electron chi connectivity index (χ3n) is 3.02. The molecule has 0 heterocycles. The molecule has 1 fully saturated rings. The van der Waals surface area contributed by atoms with Gasteiger partial charge in [-0.05, 0) is 24.3 Å². The normalized spacial score (nSPS) is 27.6. The lowest BCUT2D eigenvalue weighted by Gasteiger charge is -2.28. The van der Waals surface area contributed by atoms with Gasteiger partial charge in [-0.25, -0.2) is 0 Å². The molecule has 1 saturated carbocycles. The predicted molar refractivity (Wildman–Crippen MR) is 61.8 cm³/mol. The molecular formula is C12H21ClO. The topological polar surface area (TPSA) is 9.23 Å². The number of rotatable bonds is 5. The highest BCUT2D eigenvalue weighted by Crippen LogP contribution is 2.28. The maximum atomic E-state index is 5.78. The third kappa shape index (κ3) is 4.02. The minimum Gasteiger partial charge on any atom is -0.374 e. The van der Waals surface area contributed by atoms with E-state index in [0.29, 0.717) is 18.6 Å². The summed E-state index contributed by atoms with van der Waals surface area (Å²) in [5.74, 6) is 1.39. The first-order chi connectivity index (χ1) is 6.76. The number of alkyl halides is 1. The summed E-state index contributed by atoms with van der Waals surface area (Å²) < 4.78 is 5.78. The first-order valence-electron chi connectivity index (χ1n) is 5.60. The Hall–Kier alpha value is -0.0100. The maximum absolute atomic E-state index is 5.78. The van der Waals surface area contributed by atoms with Crippen LogP contribution in [0.4, 0.5) is 0 Å². The van der Waals surface area contributed by atoms with Crippen LogP contribution in [0.15, 0.2) is 12.2 Å². The van der Waals surface area contributed by atoms with Gasteiger partial charge in [0, 0.05) is 5.88 Å². The van der Waals surface area contributed by atoms with Gasteiger partial charge in [-0.15, -0.1) is 11.6 Å². The van der Waals surface area contributed by atoms with E-state index in [9.17, 15) is 0 Å². The molecule has 1 aliphatic carbocycles. The highest BCUT2D eigenvalue weighted by Gasteiger charge is 2.20. The lowest BCUT2D eigenvalue weighted by molar-refractivity contribution is 0.0254. The monoisotopic (exact) mass is 216 g/mol. The van der Waals surface area contributed by atoms with Crippen LogP contribution < -0.4 is 0 Å². The zero-order valence-electron chi connectivity index (χ0n) is 9.10. The molecule has 0 radical (unpaired) electrons. The van der Waals surface area contributed by atoms with Gasteiger partial charge in [0.1, 0.15) is 0 Å². The van der Waals surface area contributed by atoms with Gasteiger partial charge in [-0.2, -0.15) is 0 Å². The molecule has 1 aliphatic rings. The van der Waals surface area contributed by atoms with E-state index in [4.69, 9.17) is 16.3 Å². The second-order valence-corrected chi connectivity index (χ2v) is 4.52. The minimum atomic E-state index is 0.452. The lowest BCUT2D eigenvalue weighted by Crippen LogP contribution is -2.23. The second kappa shape index (κ2) is 6.47. The van der Waals surface area contributed by atoms with E-state index in [0.717, 1.165) is 11.5 Å². The van der Waals surface area contributed by atoms with Gasteiger partial charge in [0.15, 0.2) is 0 Å². The molecule has 0 aromatic rings. The van der Waals surface area contributed by atoms with Crippen molar-refractivity contribution in [2.75, 3.05) is 12.5 Å². The van der Waals surface area contributed by atoms with E-state index in [-0.39, 0.29) is 0 Å². The Morgan fingerprint density at radius 2 is 2.29 bits per heavy atom. The molecule has 82 valence electrons. The average molecular weight is 217 g/mol. The molecule has 0 aromatic heterocycles. The van der Waals surface area contributed by atoms with Crippen molar-refractivity contribution in [3.05, 3.63) is 12.2 Å². The summed E-state index contributed by atoms with van der Waals surface area (Å²) in [6, 6.07) is 0. The van der Waals surface area contributed by atoms with E-state index in [1.807, 2.05) is 0 Å². The summed E-state index contributed by atoms with van der Waals surface area (Å²) >= 11 is 5.65. The Labute approximate surface area is 92.5 Å². The van der Waals surface area contributed by atoms with E-state index in [2.05, 4.69) is 13.5 Å². The van der Waals surface area contributed by atoms with Crippen LogP contribution in [0.5, 0.6) is 0 Å². The van der Waals surface area contributed by atoms with Crippen LogP contribution in [-0.2, 0) is 4.74 Å². The first-order valence-corrected chi connectivity index (χ1v) is 6.14. The van der Waals surface area contributed by atoms with Gasteiger partial charge in [0.25, 0.3) is 0 Å². The fourth-order valence-corrected chi connectivity index (χ4v) is 2.12. The molecule has 0 amide bonds. The maximum Gasteiger partial charge on any atom is 0.0689 e. The van der Waals surface area contributed by atoms with Crippen molar-refractivity contribution >= 4 is 11.6 Å². The number of halogens is 1. The zero-order chi connectivity index (χ0) is 10.4. The van der Waals surface area contributed by atoms with Crippen LogP contribution in [-0.4, -0.2) is 18.6 Å². The Morgan fingerprint density at radius 1 is 1.50 bits per heavy atom. The van der Waals surface area contributed by atoms with E-state index in [1.54, 1.807) is 0 Å². The van der Waals surface area contributed by atoms with Crippen LogP contribution >= 0.6 is 11.6 Å². The summed E-state index contributed by atoms with van der Waals surface area (Å²) in [6.45, 7) is 6.75. The molecule has 2 unspecified atom stereocenters. The van der Waals surface area contributed by atoms with Crippen LogP contribution in [0.3, 0.4) is 0 Å². The van der Waals surface area contributed by atoms with Gasteiger partial charge in [-0.1, -0.05) is 32.8 Å². The van der Waals surface area contributed by atoms with Crippen molar-refractivity contribution in [1.82, 2.24) is 0 Å². The summed E-state index contributed by atoms with van der Waals surface area (Å²) in [5.41, 5.74) is 0.991. The lowest BCUT2D eigenvalue weighted by atomic mass is 9.85. The molecule has 0 aromatic carbocycles. The quantitative estimate of drug-likeness (QED) is 0.502. The summed E-state index contributed by atoms with van der Waals surface area (Å²) in [7, 11) is 0. The van der Waals surface area contributed by atoms with Crippen molar-refractivity contribution < 1.29 is 4.74 Å². The van der Waals surface area contributed by atoms with Gasteiger partial charge in [-0.3, -0.25) is 0 Å². The van der Waals surface area contributed by atoms with Crippen molar-refractivity contribution in [3.63, 3.8) is 0 Å². The van der Waals surface area contributed by atoms with Crippen molar-refractivity contribution in [2.24, 2.45) is 5.92 Å². The molecule has 14 heavy (non-hydrogen) atoms. The number of hydrogen-bond donors (Lipinski definition) is 0. The largest absolute Gasteiger partial charge is 0.374 e. The predicted octanol–water partition coefficient (Wildman–Crippen LogP) is 3.77.